The number of amides is 1. The summed E-state index contributed by atoms with van der Waals surface area (Å²) in [6.07, 6.45) is 1.80. The Labute approximate surface area is 134 Å². The summed E-state index contributed by atoms with van der Waals surface area (Å²) < 4.78 is 24.5. The summed E-state index contributed by atoms with van der Waals surface area (Å²) in [4.78, 5) is 14.1. The lowest BCUT2D eigenvalue weighted by Gasteiger charge is -2.21. The van der Waals surface area contributed by atoms with Crippen molar-refractivity contribution >= 4 is 39.1 Å². The van der Waals surface area contributed by atoms with E-state index in [-0.39, 0.29) is 5.91 Å². The molecule has 0 bridgehead atoms. The zero-order valence-corrected chi connectivity index (χ0v) is 13.9. The molecule has 0 spiro atoms. The smallest absolute Gasteiger partial charge is 0.253 e. The quantitative estimate of drug-likeness (QED) is 0.820. The van der Waals surface area contributed by atoms with Crippen molar-refractivity contribution < 1.29 is 13.2 Å². The molecule has 0 atom stereocenters. The summed E-state index contributed by atoms with van der Waals surface area (Å²) in [5, 5.41) is 0.724. The first kappa shape index (κ1) is 16.5. The second-order valence-electron chi connectivity index (χ2n) is 4.94. The van der Waals surface area contributed by atoms with E-state index < -0.39 is 10.0 Å². The van der Waals surface area contributed by atoms with Crippen LogP contribution in [0.25, 0.3) is 0 Å². The first-order valence-corrected chi connectivity index (χ1v) is 9.09. The summed E-state index contributed by atoms with van der Waals surface area (Å²) in [7, 11) is -3.22. The predicted octanol–water partition coefficient (Wildman–Crippen LogP) is 2.10. The van der Waals surface area contributed by atoms with Gasteiger partial charge in [-0.25, -0.2) is 12.7 Å². The molecule has 116 valence electrons. The van der Waals surface area contributed by atoms with E-state index in [0.717, 1.165) is 0 Å². The van der Waals surface area contributed by atoms with Gasteiger partial charge in [0.15, 0.2) is 0 Å². The molecule has 1 heterocycles. The predicted molar refractivity (Wildman–Crippen MR) is 83.4 cm³/mol. The molecule has 8 heteroatoms. The van der Waals surface area contributed by atoms with Crippen molar-refractivity contribution in [1.82, 2.24) is 9.21 Å². The fourth-order valence-electron chi connectivity index (χ4n) is 2.24. The minimum absolute atomic E-state index is 0.163. The van der Waals surface area contributed by atoms with E-state index in [4.69, 9.17) is 23.2 Å². The minimum Gasteiger partial charge on any atom is -0.337 e. The van der Waals surface area contributed by atoms with E-state index >= 15 is 0 Å². The van der Waals surface area contributed by atoms with E-state index in [1.54, 1.807) is 17.0 Å². The van der Waals surface area contributed by atoms with Crippen molar-refractivity contribution in [2.24, 2.45) is 0 Å². The minimum atomic E-state index is -3.22. The Morgan fingerprint density at radius 1 is 1.10 bits per heavy atom. The molecule has 0 N–H and O–H groups in total. The Bertz CT molecular complexity index is 649. The van der Waals surface area contributed by atoms with Gasteiger partial charge in [0.2, 0.25) is 10.0 Å². The number of hydrogen-bond acceptors (Lipinski definition) is 3. The van der Waals surface area contributed by atoms with Crippen LogP contribution in [0.1, 0.15) is 16.8 Å². The number of carbonyl (C=O) groups excluding carboxylic acids is 1. The summed E-state index contributed by atoms with van der Waals surface area (Å²) in [6, 6.07) is 4.74. The molecule has 21 heavy (non-hydrogen) atoms. The molecule has 2 rings (SSSR count). The number of nitrogens with zero attached hydrogens (tertiary/aromatic N) is 2. The molecule has 1 aliphatic rings. The molecule has 1 aromatic carbocycles. The standard InChI is InChI=1S/C13H16Cl2N2O3S/c1-21(19,20)17-6-2-5-16(7-8-17)13(18)10-3-4-11(14)12(15)9-10/h3-4,9H,2,5-8H2,1H3. The Morgan fingerprint density at radius 2 is 1.81 bits per heavy atom. The van der Waals surface area contributed by atoms with Crippen molar-refractivity contribution in [3.05, 3.63) is 33.8 Å². The van der Waals surface area contributed by atoms with Crippen LogP contribution in [-0.4, -0.2) is 56.0 Å². The van der Waals surface area contributed by atoms with Gasteiger partial charge >= 0.3 is 0 Å². The lowest BCUT2D eigenvalue weighted by Crippen LogP contribution is -2.36. The Hall–Kier alpha value is -0.820. The van der Waals surface area contributed by atoms with Crippen molar-refractivity contribution in [1.29, 1.82) is 0 Å². The van der Waals surface area contributed by atoms with Gasteiger partial charge in [0.1, 0.15) is 0 Å². The maximum absolute atomic E-state index is 12.4. The van der Waals surface area contributed by atoms with Crippen molar-refractivity contribution in [2.45, 2.75) is 6.42 Å². The second kappa shape index (κ2) is 6.52. The van der Waals surface area contributed by atoms with E-state index in [1.807, 2.05) is 0 Å². The van der Waals surface area contributed by atoms with E-state index in [1.165, 1.54) is 16.6 Å². The van der Waals surface area contributed by atoms with Gasteiger partial charge in [-0.1, -0.05) is 23.2 Å². The van der Waals surface area contributed by atoms with Crippen molar-refractivity contribution in [2.75, 3.05) is 32.4 Å². The van der Waals surface area contributed by atoms with Crippen molar-refractivity contribution in [3.8, 4) is 0 Å². The van der Waals surface area contributed by atoms with Gasteiger partial charge in [-0.2, -0.15) is 0 Å². The average molecular weight is 351 g/mol. The monoisotopic (exact) mass is 350 g/mol. The SMILES string of the molecule is CS(=O)(=O)N1CCCN(C(=O)c2ccc(Cl)c(Cl)c2)CC1. The fraction of sp³-hybridized carbons (Fsp3) is 0.462. The van der Waals surface area contributed by atoms with Crippen LogP contribution >= 0.6 is 23.2 Å². The second-order valence-corrected chi connectivity index (χ2v) is 7.73. The highest BCUT2D eigenvalue weighted by molar-refractivity contribution is 7.88. The number of carbonyl (C=O) groups is 1. The van der Waals surface area contributed by atoms with Crippen LogP contribution in [0.4, 0.5) is 0 Å². The third-order valence-corrected chi connectivity index (χ3v) is 5.42. The van der Waals surface area contributed by atoms with Crippen LogP contribution in [0.15, 0.2) is 18.2 Å². The normalized spacial score (nSPS) is 17.6. The van der Waals surface area contributed by atoms with E-state index in [0.29, 0.717) is 48.2 Å². The number of hydrogen-bond donors (Lipinski definition) is 0. The van der Waals surface area contributed by atoms with Crippen LogP contribution in [0.2, 0.25) is 10.0 Å². The highest BCUT2D eigenvalue weighted by Crippen LogP contribution is 2.23. The molecular weight excluding hydrogens is 335 g/mol. The molecular formula is C13H16Cl2N2O3S. The zero-order chi connectivity index (χ0) is 15.6. The molecule has 1 saturated heterocycles. The molecule has 0 aliphatic carbocycles. The van der Waals surface area contributed by atoms with Gasteiger partial charge in [-0.15, -0.1) is 0 Å². The van der Waals surface area contributed by atoms with Crippen LogP contribution in [0, 0.1) is 0 Å². The maximum Gasteiger partial charge on any atom is 0.253 e. The number of benzene rings is 1. The average Bonchev–Trinajstić information content (AvgIpc) is 2.66. The van der Waals surface area contributed by atoms with Gasteiger partial charge in [0.05, 0.1) is 16.3 Å². The summed E-state index contributed by atoms with van der Waals surface area (Å²) in [5.41, 5.74) is 0.456. The lowest BCUT2D eigenvalue weighted by atomic mass is 10.2. The molecule has 0 aromatic heterocycles. The molecule has 1 amide bonds. The Kier molecular flexibility index (Phi) is 5.14. The topological polar surface area (TPSA) is 57.7 Å². The Balaban J connectivity index is 2.11. The van der Waals surface area contributed by atoms with Crippen molar-refractivity contribution in [3.63, 3.8) is 0 Å². The first-order chi connectivity index (χ1) is 9.79. The largest absolute Gasteiger partial charge is 0.337 e. The number of halogens is 2. The molecule has 5 nitrogen and oxygen atoms in total. The Morgan fingerprint density at radius 3 is 2.43 bits per heavy atom. The van der Waals surface area contributed by atoms with Gasteiger partial charge in [0.25, 0.3) is 5.91 Å². The van der Waals surface area contributed by atoms with Crippen LogP contribution in [0.3, 0.4) is 0 Å². The van der Waals surface area contributed by atoms with E-state index in [9.17, 15) is 13.2 Å². The maximum atomic E-state index is 12.4. The van der Waals surface area contributed by atoms with E-state index in [2.05, 4.69) is 0 Å². The molecule has 0 saturated carbocycles. The number of rotatable bonds is 2. The highest BCUT2D eigenvalue weighted by atomic mass is 35.5. The van der Waals surface area contributed by atoms with Gasteiger partial charge < -0.3 is 4.90 Å². The molecule has 1 aromatic rings. The molecule has 0 unspecified atom stereocenters. The van der Waals surface area contributed by atoms with Crippen LogP contribution in [0.5, 0.6) is 0 Å². The first-order valence-electron chi connectivity index (χ1n) is 6.48. The van der Waals surface area contributed by atoms with Crippen LogP contribution in [-0.2, 0) is 10.0 Å². The number of sulfonamides is 1. The van der Waals surface area contributed by atoms with Gasteiger partial charge in [0, 0.05) is 31.7 Å². The fourth-order valence-corrected chi connectivity index (χ4v) is 3.41. The zero-order valence-electron chi connectivity index (χ0n) is 11.6. The summed E-state index contributed by atoms with van der Waals surface area (Å²) in [6.45, 7) is 1.63. The highest BCUT2D eigenvalue weighted by Gasteiger charge is 2.24. The van der Waals surface area contributed by atoms with Crippen LogP contribution < -0.4 is 0 Å². The van der Waals surface area contributed by atoms with Gasteiger partial charge in [-0.05, 0) is 24.6 Å². The van der Waals surface area contributed by atoms with Gasteiger partial charge in [-0.3, -0.25) is 4.79 Å². The molecule has 1 aliphatic heterocycles. The summed E-state index contributed by atoms with van der Waals surface area (Å²) in [5.74, 6) is -0.163. The molecule has 0 radical (unpaired) electrons. The third-order valence-electron chi connectivity index (χ3n) is 3.38. The lowest BCUT2D eigenvalue weighted by molar-refractivity contribution is 0.0764. The molecule has 1 fully saturated rings. The third kappa shape index (κ3) is 4.10. The summed E-state index contributed by atoms with van der Waals surface area (Å²) >= 11 is 11.8.